The van der Waals surface area contributed by atoms with Crippen LogP contribution >= 0.6 is 11.8 Å². The summed E-state index contributed by atoms with van der Waals surface area (Å²) in [5.74, 6) is 0.646. The predicted molar refractivity (Wildman–Crippen MR) is 115 cm³/mol. The first-order chi connectivity index (χ1) is 13.0. The van der Waals surface area contributed by atoms with Crippen LogP contribution in [0.2, 0.25) is 0 Å². The molecule has 1 fully saturated rings. The highest BCUT2D eigenvalue weighted by Crippen LogP contribution is 2.57. The molecule has 0 radical (unpaired) electrons. The molecular weight excluding hydrogens is 350 g/mol. The van der Waals surface area contributed by atoms with Gasteiger partial charge in [-0.3, -0.25) is 0 Å². The van der Waals surface area contributed by atoms with Gasteiger partial charge in [-0.05, 0) is 60.5 Å². The molecule has 4 atom stereocenters. The van der Waals surface area contributed by atoms with Crippen molar-refractivity contribution in [1.82, 2.24) is 0 Å². The van der Waals surface area contributed by atoms with Gasteiger partial charge in [0, 0.05) is 11.5 Å². The molecule has 1 aliphatic carbocycles. The van der Waals surface area contributed by atoms with E-state index in [-0.39, 0.29) is 17.9 Å². The van der Waals surface area contributed by atoms with Crippen molar-refractivity contribution in [2.75, 3.05) is 6.61 Å². The van der Waals surface area contributed by atoms with Crippen molar-refractivity contribution in [2.24, 2.45) is 22.7 Å². The first-order valence-electron chi connectivity index (χ1n) is 9.74. The van der Waals surface area contributed by atoms with Crippen LogP contribution in [-0.2, 0) is 0 Å². The van der Waals surface area contributed by atoms with E-state index in [1.54, 1.807) is 11.8 Å². The van der Waals surface area contributed by atoms with Crippen LogP contribution in [0.3, 0.4) is 0 Å². The summed E-state index contributed by atoms with van der Waals surface area (Å²) in [6, 6.07) is 12.9. The summed E-state index contributed by atoms with van der Waals surface area (Å²) >= 11 is 1.67. The maximum absolute atomic E-state index is 10.1. The van der Waals surface area contributed by atoms with Crippen molar-refractivity contribution in [3.8, 4) is 6.07 Å². The lowest BCUT2D eigenvalue weighted by atomic mass is 9.51. The van der Waals surface area contributed by atoms with E-state index in [0.717, 1.165) is 25.7 Å². The fraction of sp³-hybridized carbons (Fsp3) is 0.458. The standard InChI is InChI=1S/C24H31NOS/c1-4-23(3)20(2)14-16-24(19-25,22(23)13-10-17-26)15-8-9-18-27-21-11-6-5-7-12-21/h4-9,11-12,15,18,20,22,26H,1,10,13-14,16-17H2,2-3H3/b15-8+,18-9-/t20-,22-,23+,24-/m1/s1. The molecule has 27 heavy (non-hydrogen) atoms. The van der Waals surface area contributed by atoms with Crippen LogP contribution in [0.5, 0.6) is 0 Å². The molecular formula is C24H31NOS. The Bertz CT molecular complexity index is 705. The number of allylic oxidation sites excluding steroid dienone is 4. The molecule has 1 N–H and O–H groups in total. The number of benzene rings is 1. The number of hydrogen-bond donors (Lipinski definition) is 1. The third-order valence-electron chi connectivity index (χ3n) is 6.26. The van der Waals surface area contributed by atoms with E-state index in [2.05, 4.69) is 50.1 Å². The Morgan fingerprint density at radius 3 is 2.70 bits per heavy atom. The van der Waals surface area contributed by atoms with Crippen molar-refractivity contribution in [3.05, 3.63) is 66.6 Å². The van der Waals surface area contributed by atoms with Crippen molar-refractivity contribution in [1.29, 1.82) is 5.26 Å². The van der Waals surface area contributed by atoms with Crippen molar-refractivity contribution in [2.45, 2.75) is 44.4 Å². The van der Waals surface area contributed by atoms with E-state index in [1.165, 1.54) is 4.90 Å². The van der Waals surface area contributed by atoms with Gasteiger partial charge in [0.2, 0.25) is 0 Å². The lowest BCUT2D eigenvalue weighted by molar-refractivity contribution is 0.0216. The van der Waals surface area contributed by atoms with E-state index in [4.69, 9.17) is 0 Å². The average molecular weight is 382 g/mol. The monoisotopic (exact) mass is 381 g/mol. The van der Waals surface area contributed by atoms with Crippen LogP contribution in [0.1, 0.15) is 39.5 Å². The number of nitrogens with zero attached hydrogens (tertiary/aromatic N) is 1. The molecule has 0 heterocycles. The molecule has 0 aromatic heterocycles. The van der Waals surface area contributed by atoms with E-state index < -0.39 is 5.41 Å². The van der Waals surface area contributed by atoms with Crippen LogP contribution < -0.4 is 0 Å². The third kappa shape index (κ3) is 4.94. The van der Waals surface area contributed by atoms with Gasteiger partial charge in [-0.15, -0.1) is 6.58 Å². The SMILES string of the molecule is C=C[C@@]1(C)[C@H](C)CC[C@@](C#N)(/C=C/C=C\Sc2ccccc2)[C@@H]1CCCO. The maximum Gasteiger partial charge on any atom is 0.0793 e. The predicted octanol–water partition coefficient (Wildman–Crippen LogP) is 6.37. The lowest BCUT2D eigenvalue weighted by Gasteiger charge is -2.52. The lowest BCUT2D eigenvalue weighted by Crippen LogP contribution is -2.47. The Labute approximate surface area is 168 Å². The van der Waals surface area contributed by atoms with Crippen molar-refractivity contribution >= 4 is 11.8 Å². The molecule has 1 aromatic rings. The topological polar surface area (TPSA) is 44.0 Å². The smallest absolute Gasteiger partial charge is 0.0793 e. The van der Waals surface area contributed by atoms with E-state index in [9.17, 15) is 10.4 Å². The zero-order chi connectivity index (χ0) is 19.8. The van der Waals surface area contributed by atoms with Gasteiger partial charge in [-0.25, -0.2) is 0 Å². The molecule has 2 nitrogen and oxygen atoms in total. The summed E-state index contributed by atoms with van der Waals surface area (Å²) in [7, 11) is 0. The molecule has 0 aliphatic heterocycles. The first kappa shape index (κ1) is 21.5. The number of rotatable bonds is 8. The molecule has 1 aromatic carbocycles. The summed E-state index contributed by atoms with van der Waals surface area (Å²) in [6.07, 6.45) is 11.6. The molecule has 0 bridgehead atoms. The van der Waals surface area contributed by atoms with Crippen LogP contribution in [0.4, 0.5) is 0 Å². The van der Waals surface area contributed by atoms with Gasteiger partial charge in [0.15, 0.2) is 0 Å². The first-order valence-corrected chi connectivity index (χ1v) is 10.6. The Hall–Kier alpha value is -1.76. The van der Waals surface area contributed by atoms with Gasteiger partial charge < -0.3 is 5.11 Å². The largest absolute Gasteiger partial charge is 0.396 e. The Morgan fingerprint density at radius 2 is 2.07 bits per heavy atom. The molecule has 0 saturated heterocycles. The number of aliphatic hydroxyl groups excluding tert-OH is 1. The normalized spacial score (nSPS) is 31.2. The van der Waals surface area contributed by atoms with Gasteiger partial charge in [0.1, 0.15) is 0 Å². The fourth-order valence-electron chi connectivity index (χ4n) is 4.31. The molecule has 1 aliphatic rings. The van der Waals surface area contributed by atoms with Crippen molar-refractivity contribution in [3.63, 3.8) is 0 Å². The van der Waals surface area contributed by atoms with Gasteiger partial charge in [-0.2, -0.15) is 5.26 Å². The summed E-state index contributed by atoms with van der Waals surface area (Å²) in [6.45, 7) is 8.75. The zero-order valence-electron chi connectivity index (χ0n) is 16.5. The molecule has 3 heteroatoms. The second kappa shape index (κ2) is 9.97. The molecule has 0 unspecified atom stereocenters. The highest BCUT2D eigenvalue weighted by molar-refractivity contribution is 8.02. The second-order valence-corrected chi connectivity index (χ2v) is 8.68. The molecule has 1 saturated carbocycles. The van der Waals surface area contributed by atoms with Gasteiger partial charge in [0.25, 0.3) is 0 Å². The van der Waals surface area contributed by atoms with Crippen LogP contribution in [0.15, 0.2) is 71.5 Å². The molecule has 0 spiro atoms. The number of hydrogen-bond acceptors (Lipinski definition) is 3. The minimum atomic E-state index is -0.508. The minimum Gasteiger partial charge on any atom is -0.396 e. The molecule has 144 valence electrons. The Kier molecular flexibility index (Phi) is 7.95. The van der Waals surface area contributed by atoms with Crippen LogP contribution in [0.25, 0.3) is 0 Å². The third-order valence-corrected chi connectivity index (χ3v) is 7.09. The van der Waals surface area contributed by atoms with E-state index >= 15 is 0 Å². The Morgan fingerprint density at radius 1 is 1.33 bits per heavy atom. The summed E-state index contributed by atoms with van der Waals surface area (Å²) < 4.78 is 0. The highest BCUT2D eigenvalue weighted by atomic mass is 32.2. The summed E-state index contributed by atoms with van der Waals surface area (Å²) in [4.78, 5) is 1.20. The van der Waals surface area contributed by atoms with Crippen molar-refractivity contribution < 1.29 is 5.11 Å². The summed E-state index contributed by atoms with van der Waals surface area (Å²) in [5, 5.41) is 21.5. The number of nitriles is 1. The average Bonchev–Trinajstić information content (AvgIpc) is 2.70. The van der Waals surface area contributed by atoms with Crippen LogP contribution in [-0.4, -0.2) is 11.7 Å². The maximum atomic E-state index is 10.1. The van der Waals surface area contributed by atoms with Gasteiger partial charge in [0.05, 0.1) is 11.5 Å². The second-order valence-electron chi connectivity index (χ2n) is 7.70. The van der Waals surface area contributed by atoms with E-state index in [1.807, 2.05) is 36.4 Å². The fourth-order valence-corrected chi connectivity index (χ4v) is 4.95. The quantitative estimate of drug-likeness (QED) is 0.323. The summed E-state index contributed by atoms with van der Waals surface area (Å²) in [5.41, 5.74) is -0.609. The Balaban J connectivity index is 2.20. The number of thioether (sulfide) groups is 1. The highest BCUT2D eigenvalue weighted by Gasteiger charge is 2.51. The van der Waals surface area contributed by atoms with Gasteiger partial charge >= 0.3 is 0 Å². The van der Waals surface area contributed by atoms with E-state index in [0.29, 0.717) is 5.92 Å². The molecule has 0 amide bonds. The minimum absolute atomic E-state index is 0.101. The molecule has 2 rings (SSSR count). The zero-order valence-corrected chi connectivity index (χ0v) is 17.3. The number of aliphatic hydroxyl groups is 1. The van der Waals surface area contributed by atoms with Crippen LogP contribution in [0, 0.1) is 34.0 Å². The van der Waals surface area contributed by atoms with Gasteiger partial charge in [-0.1, -0.05) is 68.1 Å².